The standard InChI is InChI=1S/C29H37N7O3/c1-34(2)30-14-12-22-8-7-10-24(20-22)31-28(37)25-21-27(33-29(32-25)36-15-18-39-19-16-36)35(3)26-11-6-5-9-23(26)13-17-38-4/h5-11,14,20-21H,12-13,15-19H2,1-4H3,(H,31,37)/b30-14+. The number of morpholine rings is 1. The summed E-state index contributed by atoms with van der Waals surface area (Å²) in [6.07, 6.45) is 3.27. The van der Waals surface area contributed by atoms with Gasteiger partial charge >= 0.3 is 0 Å². The van der Waals surface area contributed by atoms with Crippen LogP contribution < -0.4 is 15.1 Å². The molecular weight excluding hydrogens is 494 g/mol. The first kappa shape index (κ1) is 28.0. The zero-order valence-corrected chi connectivity index (χ0v) is 23.1. The van der Waals surface area contributed by atoms with Gasteiger partial charge in [-0.05, 0) is 35.7 Å². The Kier molecular flexibility index (Phi) is 9.82. The van der Waals surface area contributed by atoms with Crippen LogP contribution in [0.4, 0.5) is 23.1 Å². The van der Waals surface area contributed by atoms with Crippen molar-refractivity contribution in [2.45, 2.75) is 12.8 Å². The number of hydrogen-bond acceptors (Lipinski definition) is 9. The van der Waals surface area contributed by atoms with E-state index in [9.17, 15) is 4.79 Å². The lowest BCUT2D eigenvalue weighted by atomic mass is 10.1. The molecule has 0 radical (unpaired) electrons. The van der Waals surface area contributed by atoms with Crippen LogP contribution in [0.1, 0.15) is 21.6 Å². The third-order valence-electron chi connectivity index (χ3n) is 6.32. The fourth-order valence-corrected chi connectivity index (χ4v) is 4.28. The zero-order chi connectivity index (χ0) is 27.6. The van der Waals surface area contributed by atoms with Crippen molar-refractivity contribution in [2.24, 2.45) is 5.10 Å². The first-order valence-corrected chi connectivity index (χ1v) is 13.1. The van der Waals surface area contributed by atoms with Crippen molar-refractivity contribution in [1.29, 1.82) is 0 Å². The number of nitrogens with one attached hydrogen (secondary N) is 1. The van der Waals surface area contributed by atoms with Crippen molar-refractivity contribution >= 4 is 35.3 Å². The van der Waals surface area contributed by atoms with E-state index in [4.69, 9.17) is 14.5 Å². The Morgan fingerprint density at radius 1 is 1.10 bits per heavy atom. The minimum Gasteiger partial charge on any atom is -0.384 e. The number of aromatic nitrogens is 2. The van der Waals surface area contributed by atoms with Crippen LogP contribution in [-0.2, 0) is 22.3 Å². The molecule has 1 aliphatic heterocycles. The molecule has 206 valence electrons. The normalized spacial score (nSPS) is 13.5. The summed E-state index contributed by atoms with van der Waals surface area (Å²) in [5.41, 5.74) is 4.17. The molecule has 4 rings (SSSR count). The predicted molar refractivity (Wildman–Crippen MR) is 155 cm³/mol. The molecule has 2 heterocycles. The maximum absolute atomic E-state index is 13.5. The summed E-state index contributed by atoms with van der Waals surface area (Å²) in [6.45, 7) is 3.12. The molecule has 1 aliphatic rings. The monoisotopic (exact) mass is 531 g/mol. The van der Waals surface area contributed by atoms with E-state index in [1.54, 1.807) is 18.2 Å². The van der Waals surface area contributed by atoms with E-state index in [-0.39, 0.29) is 5.91 Å². The van der Waals surface area contributed by atoms with Gasteiger partial charge in [-0.1, -0.05) is 30.3 Å². The van der Waals surface area contributed by atoms with Gasteiger partial charge in [-0.15, -0.1) is 0 Å². The molecule has 0 bridgehead atoms. The summed E-state index contributed by atoms with van der Waals surface area (Å²) < 4.78 is 10.8. The first-order valence-electron chi connectivity index (χ1n) is 13.1. The maximum Gasteiger partial charge on any atom is 0.274 e. The fraction of sp³-hybridized carbons (Fsp3) is 0.379. The Balaban J connectivity index is 1.63. The van der Waals surface area contributed by atoms with Crippen LogP contribution in [0.2, 0.25) is 0 Å². The summed E-state index contributed by atoms with van der Waals surface area (Å²) in [5.74, 6) is 0.847. The van der Waals surface area contributed by atoms with Gasteiger partial charge in [0.2, 0.25) is 5.95 Å². The van der Waals surface area contributed by atoms with Gasteiger partial charge < -0.3 is 29.6 Å². The smallest absolute Gasteiger partial charge is 0.274 e. The molecule has 10 heteroatoms. The fourth-order valence-electron chi connectivity index (χ4n) is 4.28. The van der Waals surface area contributed by atoms with Crippen molar-refractivity contribution in [3.05, 3.63) is 71.4 Å². The van der Waals surface area contributed by atoms with E-state index in [0.717, 1.165) is 23.2 Å². The average Bonchev–Trinajstić information content (AvgIpc) is 2.96. The van der Waals surface area contributed by atoms with Crippen LogP contribution in [0.3, 0.4) is 0 Å². The van der Waals surface area contributed by atoms with Crippen molar-refractivity contribution in [2.75, 3.05) is 76.3 Å². The summed E-state index contributed by atoms with van der Waals surface area (Å²) >= 11 is 0. The quantitative estimate of drug-likeness (QED) is 0.296. The summed E-state index contributed by atoms with van der Waals surface area (Å²) in [4.78, 5) is 27.1. The summed E-state index contributed by atoms with van der Waals surface area (Å²) in [6, 6.07) is 17.6. The van der Waals surface area contributed by atoms with Gasteiger partial charge in [-0.25, -0.2) is 4.98 Å². The molecule has 1 saturated heterocycles. The Bertz CT molecular complexity index is 1280. The second kappa shape index (κ2) is 13.7. The Morgan fingerprint density at radius 3 is 2.67 bits per heavy atom. The predicted octanol–water partition coefficient (Wildman–Crippen LogP) is 3.61. The van der Waals surface area contributed by atoms with Crippen LogP contribution in [0, 0.1) is 0 Å². The number of amides is 1. The van der Waals surface area contributed by atoms with Crippen LogP contribution in [0.25, 0.3) is 0 Å². The number of benzene rings is 2. The van der Waals surface area contributed by atoms with Gasteiger partial charge in [0.25, 0.3) is 5.91 Å². The number of para-hydroxylation sites is 1. The maximum atomic E-state index is 13.5. The van der Waals surface area contributed by atoms with E-state index in [2.05, 4.69) is 26.4 Å². The molecule has 0 atom stereocenters. The van der Waals surface area contributed by atoms with E-state index in [1.165, 1.54) is 0 Å². The number of hydrogen-bond donors (Lipinski definition) is 1. The molecule has 10 nitrogen and oxygen atoms in total. The minimum absolute atomic E-state index is 0.294. The van der Waals surface area contributed by atoms with Crippen LogP contribution in [-0.4, -0.2) is 88.3 Å². The SMILES string of the molecule is COCCc1ccccc1N(C)c1cc(C(=O)Nc2cccc(C/C=N/N(C)C)c2)nc(N2CCOCC2)n1. The van der Waals surface area contributed by atoms with Gasteiger partial charge in [-0.3, -0.25) is 4.79 Å². The number of carbonyl (C=O) groups excluding carboxylic acids is 1. The third-order valence-corrected chi connectivity index (χ3v) is 6.32. The molecule has 39 heavy (non-hydrogen) atoms. The largest absolute Gasteiger partial charge is 0.384 e. The number of ether oxygens (including phenoxy) is 2. The van der Waals surface area contributed by atoms with Crippen molar-refractivity contribution in [3.63, 3.8) is 0 Å². The number of methoxy groups -OCH3 is 1. The molecule has 0 unspecified atom stereocenters. The van der Waals surface area contributed by atoms with Crippen LogP contribution >= 0.6 is 0 Å². The second-order valence-corrected chi connectivity index (χ2v) is 9.45. The molecule has 1 amide bonds. The highest BCUT2D eigenvalue weighted by Crippen LogP contribution is 2.28. The molecule has 1 fully saturated rings. The highest BCUT2D eigenvalue weighted by molar-refractivity contribution is 6.03. The van der Waals surface area contributed by atoms with Gasteiger partial charge in [0.15, 0.2) is 0 Å². The Morgan fingerprint density at radius 2 is 1.90 bits per heavy atom. The molecule has 1 aromatic heterocycles. The van der Waals surface area contributed by atoms with E-state index >= 15 is 0 Å². The number of carbonyl (C=O) groups is 1. The Labute approximate surface area is 230 Å². The molecular formula is C29H37N7O3. The molecule has 0 aliphatic carbocycles. The molecule has 1 N–H and O–H groups in total. The van der Waals surface area contributed by atoms with E-state index in [0.29, 0.717) is 62.5 Å². The highest BCUT2D eigenvalue weighted by atomic mass is 16.5. The Hall–Kier alpha value is -4.02. The number of anilines is 4. The van der Waals surface area contributed by atoms with Crippen molar-refractivity contribution in [3.8, 4) is 0 Å². The van der Waals surface area contributed by atoms with Crippen molar-refractivity contribution in [1.82, 2.24) is 15.0 Å². The number of rotatable bonds is 11. The van der Waals surface area contributed by atoms with Gasteiger partial charge in [-0.2, -0.15) is 10.1 Å². The first-order chi connectivity index (χ1) is 18.9. The zero-order valence-electron chi connectivity index (χ0n) is 23.1. The van der Waals surface area contributed by atoms with Gasteiger partial charge in [0.05, 0.1) is 19.8 Å². The van der Waals surface area contributed by atoms with E-state index in [1.807, 2.05) is 74.7 Å². The number of nitrogens with zero attached hydrogens (tertiary/aromatic N) is 6. The van der Waals surface area contributed by atoms with Crippen molar-refractivity contribution < 1.29 is 14.3 Å². The van der Waals surface area contributed by atoms with Gasteiger partial charge in [0.1, 0.15) is 11.5 Å². The summed E-state index contributed by atoms with van der Waals surface area (Å²) in [5, 5.41) is 9.02. The van der Waals surface area contributed by atoms with Crippen LogP contribution in [0.15, 0.2) is 59.7 Å². The molecule has 2 aromatic carbocycles. The molecule has 0 saturated carbocycles. The summed E-state index contributed by atoms with van der Waals surface area (Å²) in [7, 11) is 7.41. The number of hydrazone groups is 1. The van der Waals surface area contributed by atoms with Gasteiger partial charge in [0, 0.05) is 71.4 Å². The lowest BCUT2D eigenvalue weighted by Gasteiger charge is -2.28. The third kappa shape index (κ3) is 7.75. The highest BCUT2D eigenvalue weighted by Gasteiger charge is 2.21. The minimum atomic E-state index is -0.298. The molecule has 3 aromatic rings. The van der Waals surface area contributed by atoms with Crippen LogP contribution in [0.5, 0.6) is 0 Å². The molecule has 0 spiro atoms. The second-order valence-electron chi connectivity index (χ2n) is 9.45. The average molecular weight is 532 g/mol. The lowest BCUT2D eigenvalue weighted by molar-refractivity contribution is 0.102. The topological polar surface area (TPSA) is 95.4 Å². The lowest BCUT2D eigenvalue weighted by Crippen LogP contribution is -2.38. The van der Waals surface area contributed by atoms with E-state index < -0.39 is 0 Å².